The lowest BCUT2D eigenvalue weighted by atomic mass is 9.84. The van der Waals surface area contributed by atoms with Crippen molar-refractivity contribution in [3.8, 4) is 0 Å². The number of benzene rings is 2. The molecule has 2 aromatic carbocycles. The number of halogens is 9. The van der Waals surface area contributed by atoms with Gasteiger partial charge in [0.25, 0.3) is 0 Å². The van der Waals surface area contributed by atoms with Gasteiger partial charge in [-0.15, -0.1) is 0 Å². The number of carboxylic acid groups (broad SMARTS) is 1. The molecule has 1 aliphatic heterocycles. The van der Waals surface area contributed by atoms with Crippen LogP contribution in [0.25, 0.3) is 0 Å². The van der Waals surface area contributed by atoms with Crippen LogP contribution >= 0.6 is 0 Å². The van der Waals surface area contributed by atoms with E-state index >= 15 is 0 Å². The molecule has 1 N–H and O–H groups in total. The van der Waals surface area contributed by atoms with Crippen molar-refractivity contribution in [1.29, 1.82) is 0 Å². The van der Waals surface area contributed by atoms with E-state index in [1.54, 1.807) is 18.7 Å². The van der Waals surface area contributed by atoms with Crippen molar-refractivity contribution in [2.75, 3.05) is 6.54 Å². The van der Waals surface area contributed by atoms with E-state index in [-0.39, 0.29) is 43.4 Å². The molecule has 0 saturated carbocycles. The fourth-order valence-electron chi connectivity index (χ4n) is 5.32. The van der Waals surface area contributed by atoms with E-state index in [0.717, 1.165) is 12.1 Å². The Labute approximate surface area is 225 Å². The van der Waals surface area contributed by atoms with Crippen LogP contribution < -0.4 is 0 Å². The highest BCUT2D eigenvalue weighted by Gasteiger charge is 2.42. The SMILES string of the molecule is CCCC(c1cc(C(F)(F)F)ccc1C(F)(F)F)N1CCC(=C(CC)C(=O)O)CC1c1ccc(C(F)(F)F)cc1. The van der Waals surface area contributed by atoms with E-state index in [9.17, 15) is 49.4 Å². The van der Waals surface area contributed by atoms with Crippen molar-refractivity contribution in [3.05, 3.63) is 81.4 Å². The molecule has 0 amide bonds. The van der Waals surface area contributed by atoms with Crippen LogP contribution in [0.3, 0.4) is 0 Å². The van der Waals surface area contributed by atoms with Crippen LogP contribution in [0.1, 0.15) is 85.9 Å². The number of aliphatic carboxylic acids is 1. The maximum absolute atomic E-state index is 14.0. The van der Waals surface area contributed by atoms with Crippen molar-refractivity contribution < 1.29 is 49.4 Å². The van der Waals surface area contributed by atoms with Gasteiger partial charge in [-0.1, -0.05) is 38.0 Å². The molecular formula is C28H28F9NO2. The molecule has 12 heteroatoms. The molecule has 3 rings (SSSR count). The molecule has 0 aliphatic carbocycles. The summed E-state index contributed by atoms with van der Waals surface area (Å²) in [5.74, 6) is -1.18. The Kier molecular flexibility index (Phi) is 9.33. The Hall–Kier alpha value is -3.02. The van der Waals surface area contributed by atoms with Crippen molar-refractivity contribution in [2.45, 2.75) is 76.6 Å². The van der Waals surface area contributed by atoms with E-state index < -0.39 is 58.8 Å². The molecule has 1 saturated heterocycles. The molecule has 0 radical (unpaired) electrons. The molecule has 220 valence electrons. The fourth-order valence-corrected chi connectivity index (χ4v) is 5.32. The molecule has 40 heavy (non-hydrogen) atoms. The summed E-state index contributed by atoms with van der Waals surface area (Å²) in [6.07, 6.45) is -13.9. The average Bonchev–Trinajstić information content (AvgIpc) is 2.86. The minimum atomic E-state index is -4.96. The number of rotatable bonds is 7. The lowest BCUT2D eigenvalue weighted by Crippen LogP contribution is -2.39. The zero-order chi connectivity index (χ0) is 30.0. The van der Waals surface area contributed by atoms with E-state index in [0.29, 0.717) is 30.2 Å². The number of likely N-dealkylation sites (tertiary alicyclic amines) is 1. The molecule has 1 aliphatic rings. The van der Waals surface area contributed by atoms with Crippen molar-refractivity contribution >= 4 is 5.97 Å². The van der Waals surface area contributed by atoms with Gasteiger partial charge < -0.3 is 5.11 Å². The van der Waals surface area contributed by atoms with Crippen LogP contribution in [0.4, 0.5) is 39.5 Å². The fraction of sp³-hybridized carbons (Fsp3) is 0.464. The topological polar surface area (TPSA) is 40.5 Å². The van der Waals surface area contributed by atoms with Gasteiger partial charge >= 0.3 is 24.5 Å². The molecule has 0 spiro atoms. The second-order valence-corrected chi connectivity index (χ2v) is 9.67. The largest absolute Gasteiger partial charge is 0.478 e. The molecule has 0 aromatic heterocycles. The third kappa shape index (κ3) is 7.00. The van der Waals surface area contributed by atoms with Crippen LogP contribution in [0.5, 0.6) is 0 Å². The zero-order valence-electron chi connectivity index (χ0n) is 21.6. The second kappa shape index (κ2) is 11.8. The summed E-state index contributed by atoms with van der Waals surface area (Å²) in [5, 5.41) is 9.65. The van der Waals surface area contributed by atoms with Gasteiger partial charge in [0.05, 0.1) is 16.7 Å². The first-order chi connectivity index (χ1) is 18.5. The number of hydrogen-bond donors (Lipinski definition) is 1. The van der Waals surface area contributed by atoms with E-state index in [1.807, 2.05) is 0 Å². The maximum Gasteiger partial charge on any atom is 0.416 e. The summed E-state index contributed by atoms with van der Waals surface area (Å²) in [5.41, 5.74) is -3.14. The number of hydrogen-bond acceptors (Lipinski definition) is 2. The monoisotopic (exact) mass is 581 g/mol. The number of alkyl halides is 9. The van der Waals surface area contributed by atoms with Gasteiger partial charge in [0.15, 0.2) is 0 Å². The van der Waals surface area contributed by atoms with Gasteiger partial charge in [-0.05, 0) is 67.1 Å². The quantitative estimate of drug-likeness (QED) is 0.262. The Morgan fingerprint density at radius 1 is 0.900 bits per heavy atom. The molecule has 1 heterocycles. The standard InChI is InChI=1S/C28H28F9NO2/c1-3-5-23(21-15-19(27(32,33)34)10-11-22(21)28(35,36)37)38-13-12-17(20(4-2)25(39)40)14-24(38)16-6-8-18(9-7-16)26(29,30)31/h6-11,15,23-24H,3-5,12-14H2,1-2H3,(H,39,40). The smallest absolute Gasteiger partial charge is 0.416 e. The van der Waals surface area contributed by atoms with Crippen LogP contribution in [0, 0.1) is 0 Å². The Morgan fingerprint density at radius 3 is 1.95 bits per heavy atom. The summed E-state index contributed by atoms with van der Waals surface area (Å²) in [6.45, 7) is 3.28. The van der Waals surface area contributed by atoms with Crippen molar-refractivity contribution in [3.63, 3.8) is 0 Å². The summed E-state index contributed by atoms with van der Waals surface area (Å²) < 4.78 is 122. The van der Waals surface area contributed by atoms with Gasteiger partial charge in [0.2, 0.25) is 0 Å². The zero-order valence-corrected chi connectivity index (χ0v) is 21.6. The molecule has 2 atom stereocenters. The average molecular weight is 582 g/mol. The summed E-state index contributed by atoms with van der Waals surface area (Å²) in [7, 11) is 0. The third-order valence-corrected chi connectivity index (χ3v) is 7.18. The van der Waals surface area contributed by atoms with Crippen LogP contribution in [-0.2, 0) is 23.3 Å². The number of carboxylic acids is 1. The molecule has 3 nitrogen and oxygen atoms in total. The van der Waals surface area contributed by atoms with Crippen molar-refractivity contribution in [1.82, 2.24) is 4.90 Å². The maximum atomic E-state index is 14.0. The molecule has 1 fully saturated rings. The molecule has 0 bridgehead atoms. The predicted molar refractivity (Wildman–Crippen MR) is 129 cm³/mol. The first kappa shape index (κ1) is 31.5. The first-order valence-electron chi connectivity index (χ1n) is 12.6. The van der Waals surface area contributed by atoms with Gasteiger partial charge in [-0.2, -0.15) is 39.5 Å². The van der Waals surface area contributed by atoms with Crippen LogP contribution in [-0.4, -0.2) is 22.5 Å². The second-order valence-electron chi connectivity index (χ2n) is 9.67. The lowest BCUT2D eigenvalue weighted by Gasteiger charge is -2.44. The minimum Gasteiger partial charge on any atom is -0.478 e. The molecule has 2 unspecified atom stereocenters. The highest BCUT2D eigenvalue weighted by atomic mass is 19.4. The van der Waals surface area contributed by atoms with Gasteiger partial charge in [-0.25, -0.2) is 4.79 Å². The lowest BCUT2D eigenvalue weighted by molar-refractivity contribution is -0.142. The van der Waals surface area contributed by atoms with Gasteiger partial charge in [0.1, 0.15) is 0 Å². The minimum absolute atomic E-state index is 0.00396. The molecular weight excluding hydrogens is 553 g/mol. The first-order valence-corrected chi connectivity index (χ1v) is 12.6. The summed E-state index contributed by atoms with van der Waals surface area (Å²) >= 11 is 0. The number of nitrogens with zero attached hydrogens (tertiary/aromatic N) is 1. The van der Waals surface area contributed by atoms with Crippen LogP contribution in [0.15, 0.2) is 53.6 Å². The normalized spacial score (nSPS) is 19.4. The van der Waals surface area contributed by atoms with Gasteiger partial charge in [0, 0.05) is 24.2 Å². The predicted octanol–water partition coefficient (Wildman–Crippen LogP) is 9.21. The number of piperidine rings is 1. The summed E-state index contributed by atoms with van der Waals surface area (Å²) in [4.78, 5) is 13.4. The highest BCUT2D eigenvalue weighted by molar-refractivity contribution is 5.87. The van der Waals surface area contributed by atoms with Crippen molar-refractivity contribution in [2.24, 2.45) is 0 Å². The van der Waals surface area contributed by atoms with Crippen LogP contribution in [0.2, 0.25) is 0 Å². The van der Waals surface area contributed by atoms with E-state index in [2.05, 4.69) is 0 Å². The summed E-state index contributed by atoms with van der Waals surface area (Å²) in [6, 6.07) is 3.22. The highest BCUT2D eigenvalue weighted by Crippen LogP contribution is 2.47. The Morgan fingerprint density at radius 2 is 1.48 bits per heavy atom. The molecule has 2 aromatic rings. The Balaban J connectivity index is 2.22. The van der Waals surface area contributed by atoms with Gasteiger partial charge in [-0.3, -0.25) is 4.90 Å². The number of carbonyl (C=O) groups is 1. The Bertz CT molecular complexity index is 1230. The van der Waals surface area contributed by atoms with E-state index in [4.69, 9.17) is 0 Å². The third-order valence-electron chi connectivity index (χ3n) is 7.18. The van der Waals surface area contributed by atoms with E-state index in [1.165, 1.54) is 12.1 Å².